The van der Waals surface area contributed by atoms with Crippen molar-refractivity contribution < 1.29 is 14.3 Å². The fourth-order valence-corrected chi connectivity index (χ4v) is 5.16. The van der Waals surface area contributed by atoms with Gasteiger partial charge in [-0.3, -0.25) is 0 Å². The Morgan fingerprint density at radius 3 is 2.55 bits per heavy atom. The molecule has 0 unspecified atom stereocenters. The normalized spacial score (nSPS) is 18.6. The number of aromatic nitrogens is 3. The molecule has 2 atom stereocenters. The molecule has 4 aromatic rings. The van der Waals surface area contributed by atoms with E-state index in [0.29, 0.717) is 12.2 Å². The van der Waals surface area contributed by atoms with Crippen molar-refractivity contribution in [2.75, 3.05) is 24.6 Å². The van der Waals surface area contributed by atoms with Gasteiger partial charge < -0.3 is 14.4 Å². The van der Waals surface area contributed by atoms with Crippen LogP contribution in [0.2, 0.25) is 0 Å². The van der Waals surface area contributed by atoms with Gasteiger partial charge in [-0.15, -0.1) is 0 Å². The van der Waals surface area contributed by atoms with Gasteiger partial charge in [0.1, 0.15) is 5.01 Å². The second-order valence-electron chi connectivity index (χ2n) is 8.24. The summed E-state index contributed by atoms with van der Waals surface area (Å²) < 4.78 is 12.8. The summed E-state index contributed by atoms with van der Waals surface area (Å²) in [5, 5.41) is 5.77. The number of hydrogen-bond donors (Lipinski definition) is 0. The summed E-state index contributed by atoms with van der Waals surface area (Å²) in [6.07, 6.45) is 2.30. The summed E-state index contributed by atoms with van der Waals surface area (Å²) in [6.45, 7) is 8.10. The van der Waals surface area contributed by atoms with E-state index in [2.05, 4.69) is 36.9 Å². The average molecular weight is 463 g/mol. The topological polar surface area (TPSA) is 69.0 Å². The number of anilines is 1. The smallest absolute Gasteiger partial charge is 0.338 e. The van der Waals surface area contributed by atoms with E-state index in [0.717, 1.165) is 39.9 Å². The van der Waals surface area contributed by atoms with Crippen molar-refractivity contribution in [3.05, 3.63) is 60.3 Å². The van der Waals surface area contributed by atoms with E-state index in [1.54, 1.807) is 30.4 Å². The molecule has 5 rings (SSSR count). The molecule has 0 saturated carbocycles. The Bertz CT molecular complexity index is 1240. The molecule has 0 N–H and O–H groups in total. The second kappa shape index (κ2) is 8.96. The lowest BCUT2D eigenvalue weighted by atomic mass is 10.1. The van der Waals surface area contributed by atoms with Crippen molar-refractivity contribution in [1.29, 1.82) is 0 Å². The molecule has 0 amide bonds. The number of esters is 1. The number of imidazole rings is 1. The first-order valence-electron chi connectivity index (χ1n) is 11.2. The lowest BCUT2D eigenvalue weighted by Crippen LogP contribution is -2.45. The molecular weight excluding hydrogens is 436 g/mol. The number of morpholine rings is 1. The van der Waals surface area contributed by atoms with Crippen molar-refractivity contribution >= 4 is 28.0 Å². The first kappa shape index (κ1) is 21.6. The van der Waals surface area contributed by atoms with Crippen LogP contribution in [0.3, 0.4) is 0 Å². The number of fused-ring (bicyclic) bond motifs is 1. The molecule has 170 valence electrons. The quantitative estimate of drug-likeness (QED) is 0.392. The summed E-state index contributed by atoms with van der Waals surface area (Å²) in [7, 11) is 0. The van der Waals surface area contributed by atoms with Crippen LogP contribution in [0, 0.1) is 0 Å². The molecule has 0 bridgehead atoms. The van der Waals surface area contributed by atoms with E-state index < -0.39 is 0 Å². The molecule has 1 aliphatic rings. The van der Waals surface area contributed by atoms with Crippen LogP contribution >= 0.6 is 11.3 Å². The number of rotatable bonds is 5. The number of nitrogens with zero attached hydrogens (tertiary/aromatic N) is 4. The highest BCUT2D eigenvalue weighted by atomic mass is 32.1. The van der Waals surface area contributed by atoms with Crippen molar-refractivity contribution in [3.8, 4) is 21.8 Å². The Hall–Kier alpha value is -3.23. The lowest BCUT2D eigenvalue weighted by molar-refractivity contribution is -0.00518. The van der Waals surface area contributed by atoms with E-state index in [1.807, 2.05) is 28.9 Å². The maximum Gasteiger partial charge on any atom is 0.338 e. The number of benzene rings is 2. The third-order valence-corrected chi connectivity index (χ3v) is 6.59. The van der Waals surface area contributed by atoms with Crippen LogP contribution in [-0.4, -0.2) is 52.5 Å². The molecule has 0 spiro atoms. The molecule has 2 aromatic heterocycles. The first-order chi connectivity index (χ1) is 16.0. The molecule has 8 heteroatoms. The minimum atomic E-state index is -0.316. The van der Waals surface area contributed by atoms with Gasteiger partial charge in [-0.1, -0.05) is 35.6 Å². The summed E-state index contributed by atoms with van der Waals surface area (Å²) in [5.41, 5.74) is 4.56. The third kappa shape index (κ3) is 4.36. The average Bonchev–Trinajstić information content (AvgIpc) is 3.38. The van der Waals surface area contributed by atoms with Crippen molar-refractivity contribution in [2.45, 2.75) is 33.0 Å². The van der Waals surface area contributed by atoms with E-state index in [1.165, 1.54) is 5.69 Å². The molecule has 0 radical (unpaired) electrons. The van der Waals surface area contributed by atoms with Crippen LogP contribution in [-0.2, 0) is 9.47 Å². The highest BCUT2D eigenvalue weighted by molar-refractivity contribution is 7.19. The SMILES string of the molecule is CCOC(=O)c1ccc(-c2cn3nc(-c4ccccc4N4C[C@@H](C)O[C@@H](C)C4)sc3n2)cc1. The standard InChI is InChI=1S/C25H26N4O3S/c1-4-31-24(30)19-11-9-18(10-12-19)21-15-29-25(26-21)33-23(27-29)20-7-5-6-8-22(20)28-13-16(2)32-17(3)14-28/h5-12,15-17H,4,13-14H2,1-3H3/t16-,17+. The van der Waals surface area contributed by atoms with Gasteiger partial charge in [-0.05, 0) is 45.0 Å². The predicted octanol–water partition coefficient (Wildman–Crippen LogP) is 4.92. The molecule has 1 fully saturated rings. The molecule has 2 aromatic carbocycles. The Labute approximate surface area is 196 Å². The summed E-state index contributed by atoms with van der Waals surface area (Å²) in [6, 6.07) is 15.7. The van der Waals surface area contributed by atoms with Crippen LogP contribution in [0.15, 0.2) is 54.7 Å². The zero-order valence-corrected chi connectivity index (χ0v) is 19.7. The van der Waals surface area contributed by atoms with Crippen LogP contribution in [0.1, 0.15) is 31.1 Å². The van der Waals surface area contributed by atoms with Crippen molar-refractivity contribution in [1.82, 2.24) is 14.6 Å². The molecule has 1 aliphatic heterocycles. The van der Waals surface area contributed by atoms with Gasteiger partial charge in [0.25, 0.3) is 0 Å². The predicted molar refractivity (Wildman–Crippen MR) is 130 cm³/mol. The van der Waals surface area contributed by atoms with Crippen LogP contribution in [0.4, 0.5) is 5.69 Å². The van der Waals surface area contributed by atoms with Crippen molar-refractivity contribution in [2.24, 2.45) is 0 Å². The zero-order chi connectivity index (χ0) is 22.9. The third-order valence-electron chi connectivity index (χ3n) is 5.63. The number of carbonyl (C=O) groups is 1. The molecule has 1 saturated heterocycles. The summed E-state index contributed by atoms with van der Waals surface area (Å²) in [4.78, 5) is 19.9. The van der Waals surface area contributed by atoms with Gasteiger partial charge in [0, 0.05) is 29.9 Å². The van der Waals surface area contributed by atoms with Crippen LogP contribution < -0.4 is 4.90 Å². The lowest BCUT2D eigenvalue weighted by Gasteiger charge is -2.37. The maximum atomic E-state index is 11.9. The highest BCUT2D eigenvalue weighted by Crippen LogP contribution is 2.35. The van der Waals surface area contributed by atoms with Gasteiger partial charge in [-0.2, -0.15) is 5.10 Å². The minimum absolute atomic E-state index is 0.188. The maximum absolute atomic E-state index is 11.9. The largest absolute Gasteiger partial charge is 0.462 e. The first-order valence-corrected chi connectivity index (χ1v) is 12.0. The molecule has 7 nitrogen and oxygen atoms in total. The number of para-hydroxylation sites is 1. The highest BCUT2D eigenvalue weighted by Gasteiger charge is 2.25. The van der Waals surface area contributed by atoms with E-state index >= 15 is 0 Å². The second-order valence-corrected chi connectivity index (χ2v) is 9.19. The minimum Gasteiger partial charge on any atom is -0.462 e. The number of hydrogen-bond acceptors (Lipinski definition) is 7. The molecule has 0 aliphatic carbocycles. The monoisotopic (exact) mass is 462 g/mol. The van der Waals surface area contributed by atoms with Crippen molar-refractivity contribution in [3.63, 3.8) is 0 Å². The van der Waals surface area contributed by atoms with E-state index in [9.17, 15) is 4.79 Å². The zero-order valence-electron chi connectivity index (χ0n) is 18.9. The van der Waals surface area contributed by atoms with E-state index in [4.69, 9.17) is 19.6 Å². The fraction of sp³-hybridized carbons (Fsp3) is 0.320. The van der Waals surface area contributed by atoms with Gasteiger partial charge >= 0.3 is 5.97 Å². The van der Waals surface area contributed by atoms with Gasteiger partial charge in [-0.25, -0.2) is 14.3 Å². The van der Waals surface area contributed by atoms with Crippen LogP contribution in [0.5, 0.6) is 0 Å². The number of ether oxygens (including phenoxy) is 2. The summed E-state index contributed by atoms with van der Waals surface area (Å²) in [5.74, 6) is -0.316. The Balaban J connectivity index is 1.42. The van der Waals surface area contributed by atoms with E-state index in [-0.39, 0.29) is 18.2 Å². The Morgan fingerprint density at radius 2 is 1.85 bits per heavy atom. The summed E-state index contributed by atoms with van der Waals surface area (Å²) >= 11 is 1.57. The van der Waals surface area contributed by atoms with Gasteiger partial charge in [0.15, 0.2) is 0 Å². The molecule has 33 heavy (non-hydrogen) atoms. The van der Waals surface area contributed by atoms with Crippen LogP contribution in [0.25, 0.3) is 26.8 Å². The molecule has 3 heterocycles. The Kier molecular flexibility index (Phi) is 5.86. The number of carbonyl (C=O) groups excluding carboxylic acids is 1. The van der Waals surface area contributed by atoms with Gasteiger partial charge in [0.05, 0.1) is 36.3 Å². The Morgan fingerprint density at radius 1 is 1.12 bits per heavy atom. The fourth-order valence-electron chi connectivity index (χ4n) is 4.24. The van der Waals surface area contributed by atoms with Gasteiger partial charge in [0.2, 0.25) is 4.96 Å². The molecular formula is C25H26N4O3S.